The van der Waals surface area contributed by atoms with Crippen LogP contribution in [-0.2, 0) is 6.42 Å². The van der Waals surface area contributed by atoms with Crippen molar-refractivity contribution in [2.75, 3.05) is 11.9 Å². The van der Waals surface area contributed by atoms with Gasteiger partial charge in [-0.2, -0.15) is 5.26 Å². The predicted molar refractivity (Wildman–Crippen MR) is 74.5 cm³/mol. The molecule has 0 saturated carbocycles. The molecule has 2 nitrogen and oxygen atoms in total. The fraction of sp³-hybridized carbons (Fsp3) is 0.188. The van der Waals surface area contributed by atoms with E-state index in [0.29, 0.717) is 12.2 Å². The monoisotopic (exact) mass is 254 g/mol. The fourth-order valence-corrected chi connectivity index (χ4v) is 1.99. The van der Waals surface area contributed by atoms with Gasteiger partial charge in [-0.15, -0.1) is 0 Å². The third kappa shape index (κ3) is 3.32. The van der Waals surface area contributed by atoms with Gasteiger partial charge in [0.2, 0.25) is 0 Å². The van der Waals surface area contributed by atoms with Gasteiger partial charge in [0.05, 0.1) is 5.69 Å². The summed E-state index contributed by atoms with van der Waals surface area (Å²) >= 11 is 0. The minimum absolute atomic E-state index is 0.0757. The molecule has 0 spiro atoms. The standard InChI is InChI=1S/C16H15FN2/c1-12-4-2-5-13(10-12)8-9-19-16-7-3-6-15(17)14(16)11-18/h2-7,10,19H,8-9H2,1H3. The molecule has 0 radical (unpaired) electrons. The SMILES string of the molecule is Cc1cccc(CCNc2cccc(F)c2C#N)c1. The zero-order valence-electron chi connectivity index (χ0n) is 10.8. The van der Waals surface area contributed by atoms with Crippen LogP contribution >= 0.6 is 0 Å². The van der Waals surface area contributed by atoms with Crippen LogP contribution in [0.3, 0.4) is 0 Å². The Morgan fingerprint density at radius 3 is 2.74 bits per heavy atom. The van der Waals surface area contributed by atoms with Crippen molar-refractivity contribution >= 4 is 5.69 Å². The van der Waals surface area contributed by atoms with Crippen molar-refractivity contribution < 1.29 is 4.39 Å². The summed E-state index contributed by atoms with van der Waals surface area (Å²) in [4.78, 5) is 0. The number of benzene rings is 2. The van der Waals surface area contributed by atoms with E-state index in [1.807, 2.05) is 12.1 Å². The maximum atomic E-state index is 13.4. The Balaban J connectivity index is 2.00. The Labute approximate surface area is 112 Å². The van der Waals surface area contributed by atoms with Gasteiger partial charge in [-0.25, -0.2) is 4.39 Å². The van der Waals surface area contributed by atoms with Crippen LogP contribution in [0.5, 0.6) is 0 Å². The molecule has 0 heterocycles. The molecule has 0 bridgehead atoms. The highest BCUT2D eigenvalue weighted by atomic mass is 19.1. The molecule has 0 fully saturated rings. The van der Waals surface area contributed by atoms with E-state index in [0.717, 1.165) is 6.42 Å². The molecule has 0 aliphatic carbocycles. The molecule has 3 heteroatoms. The zero-order chi connectivity index (χ0) is 13.7. The van der Waals surface area contributed by atoms with Gasteiger partial charge >= 0.3 is 0 Å². The lowest BCUT2D eigenvalue weighted by molar-refractivity contribution is 0.624. The summed E-state index contributed by atoms with van der Waals surface area (Å²) < 4.78 is 13.4. The van der Waals surface area contributed by atoms with Crippen LogP contribution < -0.4 is 5.32 Å². The summed E-state index contributed by atoms with van der Waals surface area (Å²) in [7, 11) is 0. The molecule has 2 rings (SSSR count). The van der Waals surface area contributed by atoms with Crippen LogP contribution in [0.2, 0.25) is 0 Å². The molecule has 0 saturated heterocycles. The Morgan fingerprint density at radius 2 is 2.00 bits per heavy atom. The van der Waals surface area contributed by atoms with Crippen molar-refractivity contribution in [3.05, 3.63) is 65.0 Å². The van der Waals surface area contributed by atoms with Crippen molar-refractivity contribution in [3.8, 4) is 6.07 Å². The van der Waals surface area contributed by atoms with Crippen LogP contribution in [0, 0.1) is 24.1 Å². The van der Waals surface area contributed by atoms with Crippen LogP contribution in [-0.4, -0.2) is 6.54 Å². The average Bonchev–Trinajstić information content (AvgIpc) is 2.39. The van der Waals surface area contributed by atoms with Gasteiger partial charge in [-0.3, -0.25) is 0 Å². The molecule has 0 aliphatic rings. The summed E-state index contributed by atoms with van der Waals surface area (Å²) in [5.41, 5.74) is 3.07. The third-order valence-corrected chi connectivity index (χ3v) is 2.94. The van der Waals surface area contributed by atoms with E-state index in [-0.39, 0.29) is 5.56 Å². The van der Waals surface area contributed by atoms with Crippen molar-refractivity contribution in [2.24, 2.45) is 0 Å². The second kappa shape index (κ2) is 6.01. The molecule has 2 aromatic rings. The summed E-state index contributed by atoms with van der Waals surface area (Å²) in [6.07, 6.45) is 0.836. The van der Waals surface area contributed by atoms with E-state index in [9.17, 15) is 4.39 Å². The van der Waals surface area contributed by atoms with Crippen molar-refractivity contribution in [3.63, 3.8) is 0 Å². The zero-order valence-corrected chi connectivity index (χ0v) is 10.8. The summed E-state index contributed by atoms with van der Waals surface area (Å²) in [5.74, 6) is -0.483. The van der Waals surface area contributed by atoms with Gasteiger partial charge in [0.25, 0.3) is 0 Å². The topological polar surface area (TPSA) is 35.8 Å². The van der Waals surface area contributed by atoms with Gasteiger partial charge in [-0.1, -0.05) is 35.9 Å². The lowest BCUT2D eigenvalue weighted by Gasteiger charge is -2.09. The Morgan fingerprint density at radius 1 is 1.21 bits per heavy atom. The van der Waals surface area contributed by atoms with Crippen LogP contribution in [0.4, 0.5) is 10.1 Å². The van der Waals surface area contributed by atoms with Crippen LogP contribution in [0.15, 0.2) is 42.5 Å². The summed E-state index contributed by atoms with van der Waals surface area (Å²) in [6, 6.07) is 14.8. The molecule has 2 aromatic carbocycles. The van der Waals surface area contributed by atoms with Gasteiger partial charge in [0, 0.05) is 6.54 Å². The normalized spacial score (nSPS) is 9.95. The summed E-state index contributed by atoms with van der Waals surface area (Å²) in [6.45, 7) is 2.72. The molecular formula is C16H15FN2. The molecule has 0 atom stereocenters. The first-order chi connectivity index (χ1) is 9.20. The van der Waals surface area contributed by atoms with Gasteiger partial charge < -0.3 is 5.32 Å². The van der Waals surface area contributed by atoms with E-state index < -0.39 is 5.82 Å². The lowest BCUT2D eigenvalue weighted by Crippen LogP contribution is -2.07. The van der Waals surface area contributed by atoms with Crippen LogP contribution in [0.25, 0.3) is 0 Å². The maximum Gasteiger partial charge on any atom is 0.143 e. The second-order valence-electron chi connectivity index (χ2n) is 4.44. The molecule has 19 heavy (non-hydrogen) atoms. The molecular weight excluding hydrogens is 239 g/mol. The highest BCUT2D eigenvalue weighted by Gasteiger charge is 2.06. The van der Waals surface area contributed by atoms with E-state index in [1.165, 1.54) is 17.2 Å². The Kier molecular flexibility index (Phi) is 4.15. The third-order valence-electron chi connectivity index (χ3n) is 2.94. The quantitative estimate of drug-likeness (QED) is 0.903. The largest absolute Gasteiger partial charge is 0.384 e. The number of anilines is 1. The molecule has 0 aliphatic heterocycles. The van der Waals surface area contributed by atoms with Crippen molar-refractivity contribution in [1.82, 2.24) is 0 Å². The van der Waals surface area contributed by atoms with E-state index >= 15 is 0 Å². The lowest BCUT2D eigenvalue weighted by atomic mass is 10.1. The number of nitrogens with one attached hydrogen (secondary N) is 1. The summed E-state index contributed by atoms with van der Waals surface area (Å²) in [5, 5.41) is 12.0. The smallest absolute Gasteiger partial charge is 0.143 e. The highest BCUT2D eigenvalue weighted by Crippen LogP contribution is 2.17. The highest BCUT2D eigenvalue weighted by molar-refractivity contribution is 5.57. The van der Waals surface area contributed by atoms with Crippen LogP contribution in [0.1, 0.15) is 16.7 Å². The van der Waals surface area contributed by atoms with Crippen molar-refractivity contribution in [1.29, 1.82) is 5.26 Å². The first-order valence-electron chi connectivity index (χ1n) is 6.19. The van der Waals surface area contributed by atoms with Gasteiger partial charge in [0.15, 0.2) is 0 Å². The molecule has 1 N–H and O–H groups in total. The first kappa shape index (κ1) is 13.1. The number of hydrogen-bond acceptors (Lipinski definition) is 2. The fourth-order valence-electron chi connectivity index (χ4n) is 1.99. The Hall–Kier alpha value is -2.34. The van der Waals surface area contributed by atoms with E-state index in [2.05, 4.69) is 30.4 Å². The average molecular weight is 254 g/mol. The number of halogens is 1. The predicted octanol–water partition coefficient (Wildman–Crippen LogP) is 3.66. The number of nitriles is 1. The number of nitrogens with zero attached hydrogens (tertiary/aromatic N) is 1. The number of aryl methyl sites for hydroxylation is 1. The first-order valence-corrected chi connectivity index (χ1v) is 6.19. The van der Waals surface area contributed by atoms with Crippen molar-refractivity contribution in [2.45, 2.75) is 13.3 Å². The second-order valence-corrected chi connectivity index (χ2v) is 4.44. The molecule has 96 valence electrons. The number of hydrogen-bond donors (Lipinski definition) is 1. The van der Waals surface area contributed by atoms with Gasteiger partial charge in [0.1, 0.15) is 17.4 Å². The number of rotatable bonds is 4. The minimum Gasteiger partial charge on any atom is -0.384 e. The van der Waals surface area contributed by atoms with Gasteiger partial charge in [-0.05, 0) is 31.0 Å². The minimum atomic E-state index is -0.483. The maximum absolute atomic E-state index is 13.4. The van der Waals surface area contributed by atoms with E-state index in [1.54, 1.807) is 12.1 Å². The molecule has 0 amide bonds. The Bertz CT molecular complexity index is 614. The molecule has 0 unspecified atom stereocenters. The van der Waals surface area contributed by atoms with E-state index in [4.69, 9.17) is 5.26 Å². The molecule has 0 aromatic heterocycles.